The van der Waals surface area contributed by atoms with Crippen LogP contribution in [0.15, 0.2) is 18.3 Å². The van der Waals surface area contributed by atoms with Crippen molar-refractivity contribution in [3.8, 4) is 0 Å². The molecule has 0 aliphatic carbocycles. The van der Waals surface area contributed by atoms with Crippen molar-refractivity contribution >= 4 is 17.7 Å². The number of carbonyl (C=O) groups is 2. The average Bonchev–Trinajstić information content (AvgIpc) is 2.34. The molecule has 0 aliphatic rings. The van der Waals surface area contributed by atoms with Gasteiger partial charge in [0.1, 0.15) is 18.5 Å². The minimum atomic E-state index is -0.944. The largest absolute Gasteiger partial charge is 0.462 e. The van der Waals surface area contributed by atoms with Gasteiger partial charge in [-0.15, -0.1) is 0 Å². The van der Waals surface area contributed by atoms with Gasteiger partial charge >= 0.3 is 5.97 Å². The molecule has 2 N–H and O–H groups in total. The number of nitrogens with zero attached hydrogens (tertiary/aromatic N) is 1. The van der Waals surface area contributed by atoms with E-state index in [9.17, 15) is 14.7 Å². The summed E-state index contributed by atoms with van der Waals surface area (Å²) in [5.41, 5.74) is -0.0893. The lowest BCUT2D eigenvalue weighted by atomic mass is 9.97. The molecule has 0 radical (unpaired) electrons. The maximum Gasteiger partial charge on any atom is 0.311 e. The molecule has 110 valence electrons. The Kier molecular flexibility index (Phi) is 5.21. The van der Waals surface area contributed by atoms with Crippen molar-refractivity contribution < 1.29 is 19.4 Å². The zero-order chi connectivity index (χ0) is 15.3. The molecule has 0 aliphatic heterocycles. The molecule has 0 aromatic carbocycles. The number of aromatic nitrogens is 1. The van der Waals surface area contributed by atoms with Crippen LogP contribution in [0.3, 0.4) is 0 Å². The Bertz CT molecular complexity index is 477. The van der Waals surface area contributed by atoms with Gasteiger partial charge in [-0.1, -0.05) is 6.07 Å². The van der Waals surface area contributed by atoms with Crippen LogP contribution in [0.2, 0.25) is 0 Å². The van der Waals surface area contributed by atoms with Gasteiger partial charge in [0, 0.05) is 18.7 Å². The normalized spacial score (nSPS) is 12.7. The number of ether oxygens (including phenoxy) is 1. The van der Waals surface area contributed by atoms with Crippen LogP contribution in [0.5, 0.6) is 0 Å². The van der Waals surface area contributed by atoms with Crippen molar-refractivity contribution in [1.29, 1.82) is 0 Å². The fraction of sp³-hybridized carbons (Fsp3) is 0.500. The van der Waals surface area contributed by atoms with Gasteiger partial charge in [-0.05, 0) is 26.8 Å². The number of aliphatic hydroxyl groups is 1. The second-order valence-corrected chi connectivity index (χ2v) is 5.52. The van der Waals surface area contributed by atoms with Crippen LogP contribution < -0.4 is 5.32 Å². The maximum atomic E-state index is 11.6. The van der Waals surface area contributed by atoms with E-state index in [0.29, 0.717) is 11.4 Å². The van der Waals surface area contributed by atoms with Crippen molar-refractivity contribution in [3.63, 3.8) is 0 Å². The zero-order valence-corrected chi connectivity index (χ0v) is 12.1. The highest BCUT2D eigenvalue weighted by atomic mass is 16.5. The van der Waals surface area contributed by atoms with Crippen LogP contribution in [-0.2, 0) is 14.3 Å². The van der Waals surface area contributed by atoms with E-state index in [1.807, 2.05) is 0 Å². The second kappa shape index (κ2) is 6.47. The number of pyridine rings is 1. The van der Waals surface area contributed by atoms with E-state index in [2.05, 4.69) is 10.3 Å². The molecule has 6 nitrogen and oxygen atoms in total. The first kappa shape index (κ1) is 16.1. The first-order valence-electron chi connectivity index (χ1n) is 6.29. The van der Waals surface area contributed by atoms with Gasteiger partial charge in [-0.2, -0.15) is 0 Å². The molecule has 1 unspecified atom stereocenters. The lowest BCUT2D eigenvalue weighted by molar-refractivity contribution is -0.156. The van der Waals surface area contributed by atoms with Crippen LogP contribution >= 0.6 is 0 Å². The molecule has 0 saturated heterocycles. The highest BCUT2D eigenvalue weighted by molar-refractivity contribution is 5.87. The van der Waals surface area contributed by atoms with Gasteiger partial charge in [-0.25, -0.2) is 4.98 Å². The Morgan fingerprint density at radius 3 is 2.50 bits per heavy atom. The fourth-order valence-corrected chi connectivity index (χ4v) is 1.32. The number of aliphatic hydroxyl groups excluding tert-OH is 1. The number of amides is 1. The molecule has 0 saturated carbocycles. The zero-order valence-electron chi connectivity index (χ0n) is 12.1. The van der Waals surface area contributed by atoms with Crippen LogP contribution in [0.25, 0.3) is 0 Å². The molecule has 0 fully saturated rings. The van der Waals surface area contributed by atoms with E-state index in [0.717, 1.165) is 0 Å². The summed E-state index contributed by atoms with van der Waals surface area (Å²) in [6.07, 6.45) is 0.487. The van der Waals surface area contributed by atoms with Gasteiger partial charge in [0.15, 0.2) is 0 Å². The monoisotopic (exact) mass is 280 g/mol. The maximum absolute atomic E-state index is 11.6. The Morgan fingerprint density at radius 1 is 1.40 bits per heavy atom. The summed E-state index contributed by atoms with van der Waals surface area (Å²) in [4.78, 5) is 26.4. The Hall–Kier alpha value is -1.95. The first-order chi connectivity index (χ1) is 9.20. The summed E-state index contributed by atoms with van der Waals surface area (Å²) in [6, 6.07) is 3.19. The molecular weight excluding hydrogens is 260 g/mol. The number of anilines is 1. The van der Waals surface area contributed by atoms with E-state index >= 15 is 0 Å². The molecule has 20 heavy (non-hydrogen) atoms. The molecular formula is C14H20N2O4. The lowest BCUT2D eigenvalue weighted by Gasteiger charge is -2.18. The minimum absolute atomic E-state index is 0.128. The Morgan fingerprint density at radius 2 is 2.05 bits per heavy atom. The van der Waals surface area contributed by atoms with Gasteiger partial charge < -0.3 is 15.2 Å². The summed E-state index contributed by atoms with van der Waals surface area (Å²) in [6.45, 7) is 6.48. The Balaban J connectivity index is 2.58. The molecule has 1 heterocycles. The van der Waals surface area contributed by atoms with E-state index in [-0.39, 0.29) is 18.5 Å². The predicted octanol–water partition coefficient (Wildman–Crippen LogP) is 1.66. The van der Waals surface area contributed by atoms with Gasteiger partial charge in [0.2, 0.25) is 5.91 Å². The van der Waals surface area contributed by atoms with Crippen molar-refractivity contribution in [3.05, 3.63) is 23.9 Å². The van der Waals surface area contributed by atoms with E-state index in [1.165, 1.54) is 13.1 Å². The molecule has 1 rings (SSSR count). The van der Waals surface area contributed by atoms with Crippen LogP contribution in [0.1, 0.15) is 39.4 Å². The van der Waals surface area contributed by atoms with Crippen molar-refractivity contribution in [1.82, 2.24) is 4.98 Å². The first-order valence-corrected chi connectivity index (χ1v) is 6.29. The molecule has 0 bridgehead atoms. The van der Waals surface area contributed by atoms with E-state index in [1.54, 1.807) is 32.9 Å². The molecule has 1 aromatic heterocycles. The topological polar surface area (TPSA) is 88.5 Å². The van der Waals surface area contributed by atoms with Gasteiger partial charge in [-0.3, -0.25) is 9.59 Å². The highest BCUT2D eigenvalue weighted by Crippen LogP contribution is 2.18. The van der Waals surface area contributed by atoms with E-state index < -0.39 is 11.5 Å². The standard InChI is InChI=1S/C14H20N2O4/c1-9(17)16-12-6-5-10(7-15-12)11(18)8-20-13(19)14(2,3)4/h5-7,11,18H,8H2,1-4H3,(H,15,16,17). The van der Waals surface area contributed by atoms with Crippen molar-refractivity contribution in [2.45, 2.75) is 33.8 Å². The van der Waals surface area contributed by atoms with Crippen molar-refractivity contribution in [2.75, 3.05) is 11.9 Å². The van der Waals surface area contributed by atoms with Crippen LogP contribution in [0, 0.1) is 5.41 Å². The number of rotatable bonds is 4. The van der Waals surface area contributed by atoms with Crippen LogP contribution in [0.4, 0.5) is 5.82 Å². The molecule has 6 heteroatoms. The molecule has 1 amide bonds. The number of hydrogen-bond donors (Lipinski definition) is 2. The average molecular weight is 280 g/mol. The molecule has 1 aromatic rings. The van der Waals surface area contributed by atoms with Crippen LogP contribution in [-0.4, -0.2) is 28.6 Å². The summed E-state index contributed by atoms with van der Waals surface area (Å²) >= 11 is 0. The van der Waals surface area contributed by atoms with E-state index in [4.69, 9.17) is 4.74 Å². The molecule has 1 atom stereocenters. The quantitative estimate of drug-likeness (QED) is 0.819. The van der Waals surface area contributed by atoms with Crippen molar-refractivity contribution in [2.24, 2.45) is 5.41 Å². The number of hydrogen-bond acceptors (Lipinski definition) is 5. The second-order valence-electron chi connectivity index (χ2n) is 5.52. The third-order valence-corrected chi connectivity index (χ3v) is 2.46. The summed E-state index contributed by atoms with van der Waals surface area (Å²) in [5, 5.41) is 12.4. The number of carbonyl (C=O) groups excluding carboxylic acids is 2. The smallest absolute Gasteiger partial charge is 0.311 e. The summed E-state index contributed by atoms with van der Waals surface area (Å²) in [7, 11) is 0. The van der Waals surface area contributed by atoms with Gasteiger partial charge in [0.05, 0.1) is 5.41 Å². The minimum Gasteiger partial charge on any atom is -0.462 e. The van der Waals surface area contributed by atoms with Gasteiger partial charge in [0.25, 0.3) is 0 Å². The fourth-order valence-electron chi connectivity index (χ4n) is 1.32. The number of nitrogens with one attached hydrogen (secondary N) is 1. The SMILES string of the molecule is CC(=O)Nc1ccc(C(O)COC(=O)C(C)(C)C)cn1. The predicted molar refractivity (Wildman–Crippen MR) is 73.9 cm³/mol. The molecule has 0 spiro atoms. The highest BCUT2D eigenvalue weighted by Gasteiger charge is 2.24. The summed E-state index contributed by atoms with van der Waals surface area (Å²) < 4.78 is 5.03. The summed E-state index contributed by atoms with van der Waals surface area (Å²) in [5.74, 6) is -0.190. The third kappa shape index (κ3) is 4.97. The third-order valence-electron chi connectivity index (χ3n) is 2.46. The lowest BCUT2D eigenvalue weighted by Crippen LogP contribution is -2.25. The Labute approximate surface area is 118 Å². The number of esters is 1.